The van der Waals surface area contributed by atoms with Crippen LogP contribution in [0.3, 0.4) is 0 Å². The fourth-order valence-corrected chi connectivity index (χ4v) is 3.09. The van der Waals surface area contributed by atoms with Crippen LogP contribution in [0, 0.1) is 0 Å². The van der Waals surface area contributed by atoms with Crippen LogP contribution in [0.4, 0.5) is 0 Å². The molecule has 0 saturated carbocycles. The fourth-order valence-electron chi connectivity index (χ4n) is 2.56. The Morgan fingerprint density at radius 2 is 1.90 bits per heavy atom. The van der Waals surface area contributed by atoms with Crippen LogP contribution in [0.1, 0.15) is 29.7 Å². The van der Waals surface area contributed by atoms with Gasteiger partial charge < -0.3 is 15.2 Å². The average Bonchev–Trinajstić information content (AvgIpc) is 2.46. The zero-order valence-corrected chi connectivity index (χ0v) is 13.0. The topological polar surface area (TPSA) is 44.5 Å². The standard InChI is InChI=1S/C16H15Cl2NO2/c1-20-10-3-5-12-14(19)8-16(21-15(12)7-10)11-4-2-9(17)6-13(11)18/h2-7,14,16H,8,19H2,1H3/t14-,16?/m1/s1. The second kappa shape index (κ2) is 5.76. The fraction of sp³-hybridized carbons (Fsp3) is 0.250. The van der Waals surface area contributed by atoms with Crippen LogP contribution in [0.2, 0.25) is 10.0 Å². The second-order valence-corrected chi connectivity index (χ2v) is 5.86. The molecule has 0 spiro atoms. The highest BCUT2D eigenvalue weighted by molar-refractivity contribution is 6.35. The molecule has 0 saturated heterocycles. The predicted octanol–water partition coefficient (Wildman–Crippen LogP) is 4.53. The Labute approximate surface area is 133 Å². The molecule has 0 aliphatic carbocycles. The lowest BCUT2D eigenvalue weighted by atomic mass is 9.93. The van der Waals surface area contributed by atoms with Gasteiger partial charge in [-0.3, -0.25) is 0 Å². The zero-order valence-electron chi connectivity index (χ0n) is 11.5. The Balaban J connectivity index is 1.96. The Morgan fingerprint density at radius 1 is 1.14 bits per heavy atom. The summed E-state index contributed by atoms with van der Waals surface area (Å²) in [5, 5.41) is 1.19. The summed E-state index contributed by atoms with van der Waals surface area (Å²) in [7, 11) is 1.62. The molecule has 2 N–H and O–H groups in total. The molecule has 0 radical (unpaired) electrons. The number of halogens is 2. The van der Waals surface area contributed by atoms with Crippen molar-refractivity contribution >= 4 is 23.2 Å². The van der Waals surface area contributed by atoms with Crippen LogP contribution >= 0.6 is 23.2 Å². The Bertz CT molecular complexity index is 675. The van der Waals surface area contributed by atoms with Crippen LogP contribution in [0.15, 0.2) is 36.4 Å². The first-order valence-electron chi connectivity index (χ1n) is 6.63. The molecule has 2 aromatic carbocycles. The molecule has 1 unspecified atom stereocenters. The zero-order chi connectivity index (χ0) is 15.0. The first kappa shape index (κ1) is 14.5. The van der Waals surface area contributed by atoms with Gasteiger partial charge in [-0.25, -0.2) is 0 Å². The lowest BCUT2D eigenvalue weighted by molar-refractivity contribution is 0.161. The van der Waals surface area contributed by atoms with Crippen molar-refractivity contribution in [2.24, 2.45) is 5.73 Å². The normalized spacial score (nSPS) is 20.6. The van der Waals surface area contributed by atoms with Gasteiger partial charge in [0.15, 0.2) is 0 Å². The third-order valence-electron chi connectivity index (χ3n) is 3.67. The number of rotatable bonds is 2. The van der Waals surface area contributed by atoms with E-state index in [0.29, 0.717) is 16.5 Å². The van der Waals surface area contributed by atoms with Crippen molar-refractivity contribution in [1.29, 1.82) is 0 Å². The third kappa shape index (κ3) is 2.82. The molecule has 1 heterocycles. The predicted molar refractivity (Wildman–Crippen MR) is 84.4 cm³/mol. The highest BCUT2D eigenvalue weighted by Crippen LogP contribution is 2.43. The van der Waals surface area contributed by atoms with Crippen LogP contribution in [0.5, 0.6) is 11.5 Å². The monoisotopic (exact) mass is 323 g/mol. The molecule has 5 heteroatoms. The van der Waals surface area contributed by atoms with Crippen molar-refractivity contribution in [2.45, 2.75) is 18.6 Å². The molecule has 0 amide bonds. The first-order valence-corrected chi connectivity index (χ1v) is 7.39. The van der Waals surface area contributed by atoms with E-state index in [2.05, 4.69) is 0 Å². The summed E-state index contributed by atoms with van der Waals surface area (Å²) in [6.45, 7) is 0. The number of methoxy groups -OCH3 is 1. The maximum Gasteiger partial charge on any atom is 0.128 e. The SMILES string of the molecule is COc1ccc2c(c1)OC(c1ccc(Cl)cc1Cl)C[C@H]2N. The lowest BCUT2D eigenvalue weighted by Crippen LogP contribution is -2.24. The lowest BCUT2D eigenvalue weighted by Gasteiger charge is -2.31. The van der Waals surface area contributed by atoms with Gasteiger partial charge in [0.05, 0.1) is 7.11 Å². The number of ether oxygens (including phenoxy) is 2. The van der Waals surface area contributed by atoms with E-state index < -0.39 is 0 Å². The second-order valence-electron chi connectivity index (χ2n) is 5.02. The largest absolute Gasteiger partial charge is 0.497 e. The van der Waals surface area contributed by atoms with Gasteiger partial charge >= 0.3 is 0 Å². The minimum atomic E-state index is -0.190. The summed E-state index contributed by atoms with van der Waals surface area (Å²) in [4.78, 5) is 0. The number of fused-ring (bicyclic) bond motifs is 1. The van der Waals surface area contributed by atoms with Gasteiger partial charge in [-0.15, -0.1) is 0 Å². The summed E-state index contributed by atoms with van der Waals surface area (Å²) in [6.07, 6.45) is 0.477. The Morgan fingerprint density at radius 3 is 2.62 bits per heavy atom. The first-order chi connectivity index (χ1) is 10.1. The van der Waals surface area contributed by atoms with Crippen molar-refractivity contribution in [3.05, 3.63) is 57.6 Å². The molecule has 0 fully saturated rings. The molecule has 2 aromatic rings. The van der Waals surface area contributed by atoms with Crippen molar-refractivity contribution in [3.8, 4) is 11.5 Å². The van der Waals surface area contributed by atoms with E-state index in [0.717, 1.165) is 22.6 Å². The van der Waals surface area contributed by atoms with Gasteiger partial charge in [0, 0.05) is 39.7 Å². The van der Waals surface area contributed by atoms with Gasteiger partial charge in [-0.1, -0.05) is 35.3 Å². The van der Waals surface area contributed by atoms with Gasteiger partial charge in [0.2, 0.25) is 0 Å². The molecular formula is C16H15Cl2NO2. The van der Waals surface area contributed by atoms with Gasteiger partial charge in [-0.05, 0) is 18.2 Å². The maximum absolute atomic E-state index is 6.27. The Kier molecular flexibility index (Phi) is 3.98. The average molecular weight is 324 g/mol. The molecule has 110 valence electrons. The molecular weight excluding hydrogens is 309 g/mol. The minimum absolute atomic E-state index is 0.101. The van der Waals surface area contributed by atoms with Gasteiger partial charge in [-0.2, -0.15) is 0 Å². The van der Waals surface area contributed by atoms with Crippen LogP contribution in [-0.4, -0.2) is 7.11 Å². The van der Waals surface area contributed by atoms with E-state index in [4.69, 9.17) is 38.4 Å². The number of hydrogen-bond donors (Lipinski definition) is 1. The van der Waals surface area contributed by atoms with Crippen molar-refractivity contribution in [1.82, 2.24) is 0 Å². The van der Waals surface area contributed by atoms with Crippen molar-refractivity contribution in [2.75, 3.05) is 7.11 Å². The molecule has 3 rings (SSSR count). The van der Waals surface area contributed by atoms with Gasteiger partial charge in [0.1, 0.15) is 17.6 Å². The van der Waals surface area contributed by atoms with E-state index in [1.165, 1.54) is 0 Å². The van der Waals surface area contributed by atoms with E-state index >= 15 is 0 Å². The molecule has 21 heavy (non-hydrogen) atoms. The van der Waals surface area contributed by atoms with E-state index in [9.17, 15) is 0 Å². The van der Waals surface area contributed by atoms with E-state index in [1.54, 1.807) is 19.2 Å². The number of nitrogens with two attached hydrogens (primary N) is 1. The number of hydrogen-bond acceptors (Lipinski definition) is 3. The van der Waals surface area contributed by atoms with Gasteiger partial charge in [0.25, 0.3) is 0 Å². The third-order valence-corrected chi connectivity index (χ3v) is 4.23. The summed E-state index contributed by atoms with van der Waals surface area (Å²) in [5.74, 6) is 1.48. The van der Waals surface area contributed by atoms with Crippen molar-refractivity contribution < 1.29 is 9.47 Å². The molecule has 0 aromatic heterocycles. The summed E-state index contributed by atoms with van der Waals surface area (Å²) >= 11 is 12.2. The smallest absolute Gasteiger partial charge is 0.128 e. The summed E-state index contributed by atoms with van der Waals surface area (Å²) in [6, 6.07) is 11.0. The summed E-state index contributed by atoms with van der Waals surface area (Å²) in [5.41, 5.74) is 8.13. The minimum Gasteiger partial charge on any atom is -0.497 e. The van der Waals surface area contributed by atoms with Crippen LogP contribution in [0.25, 0.3) is 0 Å². The maximum atomic E-state index is 6.27. The molecule has 2 atom stereocenters. The Hall–Kier alpha value is -1.42. The van der Waals surface area contributed by atoms with Crippen LogP contribution < -0.4 is 15.2 Å². The van der Waals surface area contributed by atoms with Crippen molar-refractivity contribution in [3.63, 3.8) is 0 Å². The molecule has 1 aliphatic rings. The molecule has 1 aliphatic heterocycles. The molecule has 3 nitrogen and oxygen atoms in total. The van der Waals surface area contributed by atoms with Crippen LogP contribution in [-0.2, 0) is 0 Å². The number of benzene rings is 2. The van der Waals surface area contributed by atoms with E-state index in [-0.39, 0.29) is 12.1 Å². The highest BCUT2D eigenvalue weighted by atomic mass is 35.5. The van der Waals surface area contributed by atoms with E-state index in [1.807, 2.05) is 24.3 Å². The highest BCUT2D eigenvalue weighted by Gasteiger charge is 2.28. The molecule has 0 bridgehead atoms. The summed E-state index contributed by atoms with van der Waals surface area (Å²) < 4.78 is 11.3. The quantitative estimate of drug-likeness (QED) is 0.883.